The van der Waals surface area contributed by atoms with Gasteiger partial charge in [-0.1, -0.05) is 35.1 Å². The molecule has 1 amide bonds. The van der Waals surface area contributed by atoms with E-state index < -0.39 is 11.7 Å². The number of anilines is 1. The van der Waals surface area contributed by atoms with Crippen LogP contribution in [0, 0.1) is 5.82 Å². The van der Waals surface area contributed by atoms with Crippen LogP contribution in [-0.2, 0) is 0 Å². The van der Waals surface area contributed by atoms with Crippen molar-refractivity contribution in [2.45, 2.75) is 18.9 Å². The number of carbonyl (C=O) groups excluding carboxylic acids is 1. The van der Waals surface area contributed by atoms with Gasteiger partial charge in [0.2, 0.25) is 0 Å². The molecule has 9 heteroatoms. The maximum absolute atomic E-state index is 14.2. The van der Waals surface area contributed by atoms with Crippen LogP contribution in [0.3, 0.4) is 0 Å². The molecule has 3 rings (SSSR count). The van der Waals surface area contributed by atoms with Crippen molar-refractivity contribution in [1.82, 2.24) is 9.71 Å². The maximum atomic E-state index is 14.2. The largest absolute Gasteiger partial charge is 0.490 e. The first-order chi connectivity index (χ1) is 13.0. The Morgan fingerprint density at radius 2 is 2.22 bits per heavy atom. The van der Waals surface area contributed by atoms with Gasteiger partial charge in [0.25, 0.3) is 5.91 Å². The lowest BCUT2D eigenvalue weighted by atomic mass is 10.2. The van der Waals surface area contributed by atoms with Crippen molar-refractivity contribution in [3.05, 3.63) is 52.0 Å². The fourth-order valence-corrected chi connectivity index (χ4v) is 3.74. The van der Waals surface area contributed by atoms with Crippen molar-refractivity contribution >= 4 is 46.7 Å². The molecule has 1 fully saturated rings. The molecule has 27 heavy (non-hydrogen) atoms. The number of pyridine rings is 1. The van der Waals surface area contributed by atoms with Crippen LogP contribution in [-0.4, -0.2) is 36.3 Å². The quantitative estimate of drug-likeness (QED) is 0.680. The van der Waals surface area contributed by atoms with E-state index in [1.54, 1.807) is 18.6 Å². The zero-order valence-electron chi connectivity index (χ0n) is 14.5. The SMILES string of the molecule is CSNC(=O)c1cc(Cl)c(OCC2CCCN2c2cncc(Cl)c2)cc1F. The second-order valence-corrected chi connectivity index (χ2v) is 7.52. The lowest BCUT2D eigenvalue weighted by Gasteiger charge is -2.26. The standard InChI is InChI=1S/C18H18Cl2FN3O2S/c1-27-23-18(25)14-6-15(20)17(7-16(14)21)26-10-12-3-2-4-24(12)13-5-11(19)8-22-9-13/h5-9,12H,2-4,10H2,1H3,(H,23,25). The highest BCUT2D eigenvalue weighted by atomic mass is 35.5. The number of hydrogen-bond donors (Lipinski definition) is 1. The van der Waals surface area contributed by atoms with Crippen molar-refractivity contribution in [3.63, 3.8) is 0 Å². The van der Waals surface area contributed by atoms with Gasteiger partial charge in [-0.3, -0.25) is 14.5 Å². The maximum Gasteiger partial charge on any atom is 0.264 e. The summed E-state index contributed by atoms with van der Waals surface area (Å²) in [4.78, 5) is 18.1. The second-order valence-electron chi connectivity index (χ2n) is 6.06. The number of amides is 1. The number of nitrogens with zero attached hydrogens (tertiary/aromatic N) is 2. The summed E-state index contributed by atoms with van der Waals surface area (Å²) in [5.41, 5.74) is 0.809. The molecular weight excluding hydrogens is 412 g/mol. The van der Waals surface area contributed by atoms with Crippen LogP contribution in [0.1, 0.15) is 23.2 Å². The third kappa shape index (κ3) is 4.78. The minimum absolute atomic E-state index is 0.101. The Kier molecular flexibility index (Phi) is 6.68. The van der Waals surface area contributed by atoms with Gasteiger partial charge in [-0.2, -0.15) is 0 Å². The van der Waals surface area contributed by atoms with Gasteiger partial charge >= 0.3 is 0 Å². The minimum atomic E-state index is -0.678. The van der Waals surface area contributed by atoms with Gasteiger partial charge < -0.3 is 9.64 Å². The monoisotopic (exact) mass is 429 g/mol. The highest BCUT2D eigenvalue weighted by Gasteiger charge is 2.26. The first kappa shape index (κ1) is 20.0. The van der Waals surface area contributed by atoms with E-state index in [-0.39, 0.29) is 22.4 Å². The highest BCUT2D eigenvalue weighted by Crippen LogP contribution is 2.31. The van der Waals surface area contributed by atoms with Crippen molar-refractivity contribution in [3.8, 4) is 5.75 Å². The molecule has 1 aromatic carbocycles. The van der Waals surface area contributed by atoms with E-state index in [4.69, 9.17) is 27.9 Å². The average Bonchev–Trinajstić information content (AvgIpc) is 3.11. The molecule has 0 aliphatic carbocycles. The van der Waals surface area contributed by atoms with E-state index in [0.717, 1.165) is 43.1 Å². The molecule has 1 aromatic heterocycles. The molecule has 0 bridgehead atoms. The fourth-order valence-electron chi connectivity index (χ4n) is 3.05. The van der Waals surface area contributed by atoms with Crippen LogP contribution >= 0.6 is 35.1 Å². The lowest BCUT2D eigenvalue weighted by Crippen LogP contribution is -2.34. The van der Waals surface area contributed by atoms with Crippen LogP contribution in [0.4, 0.5) is 10.1 Å². The van der Waals surface area contributed by atoms with Crippen molar-refractivity contribution < 1.29 is 13.9 Å². The van der Waals surface area contributed by atoms with E-state index in [9.17, 15) is 9.18 Å². The minimum Gasteiger partial charge on any atom is -0.490 e. The zero-order chi connectivity index (χ0) is 19.4. The molecule has 1 aliphatic rings. The number of carbonyl (C=O) groups is 1. The molecule has 0 spiro atoms. The zero-order valence-corrected chi connectivity index (χ0v) is 16.9. The summed E-state index contributed by atoms with van der Waals surface area (Å²) in [7, 11) is 0. The number of aromatic nitrogens is 1. The molecule has 1 saturated heterocycles. The average molecular weight is 430 g/mol. The summed E-state index contributed by atoms with van der Waals surface area (Å²) in [6.45, 7) is 1.20. The molecule has 2 heterocycles. The van der Waals surface area contributed by atoms with E-state index in [1.807, 2.05) is 6.07 Å². The Hall–Kier alpha value is -1.70. The smallest absolute Gasteiger partial charge is 0.264 e. The first-order valence-electron chi connectivity index (χ1n) is 8.32. The molecule has 2 aromatic rings. The van der Waals surface area contributed by atoms with E-state index in [2.05, 4.69) is 14.6 Å². The molecule has 144 valence electrons. The van der Waals surface area contributed by atoms with Gasteiger partial charge in [-0.25, -0.2) is 4.39 Å². The molecule has 1 N–H and O–H groups in total. The topological polar surface area (TPSA) is 54.5 Å². The fraction of sp³-hybridized carbons (Fsp3) is 0.333. The first-order valence-corrected chi connectivity index (χ1v) is 10.3. The summed E-state index contributed by atoms with van der Waals surface area (Å²) in [6.07, 6.45) is 6.97. The number of hydrogen-bond acceptors (Lipinski definition) is 5. The number of ether oxygens (including phenoxy) is 1. The summed E-state index contributed by atoms with van der Waals surface area (Å²) >= 11 is 13.3. The number of benzene rings is 1. The lowest BCUT2D eigenvalue weighted by molar-refractivity contribution is 0.0980. The van der Waals surface area contributed by atoms with E-state index in [0.29, 0.717) is 11.6 Å². The summed E-state index contributed by atoms with van der Waals surface area (Å²) < 4.78 is 22.5. The van der Waals surface area contributed by atoms with Gasteiger partial charge in [0.15, 0.2) is 0 Å². The Balaban J connectivity index is 1.70. The Bertz CT molecular complexity index is 840. The molecule has 1 aliphatic heterocycles. The molecule has 0 radical (unpaired) electrons. The van der Waals surface area contributed by atoms with Crippen LogP contribution in [0.2, 0.25) is 10.0 Å². The predicted molar refractivity (Wildman–Crippen MR) is 108 cm³/mol. The normalized spacial score (nSPS) is 16.4. The summed E-state index contributed by atoms with van der Waals surface area (Å²) in [5, 5.41) is 0.764. The van der Waals surface area contributed by atoms with Crippen LogP contribution in [0.5, 0.6) is 5.75 Å². The number of rotatable bonds is 6. The third-order valence-electron chi connectivity index (χ3n) is 4.29. The highest BCUT2D eigenvalue weighted by molar-refractivity contribution is 7.97. The van der Waals surface area contributed by atoms with Gasteiger partial charge in [0.05, 0.1) is 33.5 Å². The summed E-state index contributed by atoms with van der Waals surface area (Å²) in [5.74, 6) is -1.00. The van der Waals surface area contributed by atoms with Gasteiger partial charge in [0, 0.05) is 25.1 Å². The molecule has 1 unspecified atom stereocenters. The van der Waals surface area contributed by atoms with E-state index in [1.165, 1.54) is 6.07 Å². The Morgan fingerprint density at radius 3 is 2.96 bits per heavy atom. The van der Waals surface area contributed by atoms with Gasteiger partial charge in [0.1, 0.15) is 18.2 Å². The van der Waals surface area contributed by atoms with Crippen LogP contribution in [0.25, 0.3) is 0 Å². The van der Waals surface area contributed by atoms with Gasteiger partial charge in [-0.15, -0.1) is 0 Å². The molecular formula is C18H18Cl2FN3O2S. The molecule has 1 atom stereocenters. The van der Waals surface area contributed by atoms with Crippen molar-refractivity contribution in [1.29, 1.82) is 0 Å². The number of nitrogens with one attached hydrogen (secondary N) is 1. The second kappa shape index (κ2) is 8.99. The van der Waals surface area contributed by atoms with Crippen molar-refractivity contribution in [2.75, 3.05) is 24.3 Å². The van der Waals surface area contributed by atoms with Crippen LogP contribution < -0.4 is 14.4 Å². The van der Waals surface area contributed by atoms with Gasteiger partial charge in [-0.05, 0) is 25.0 Å². The molecule has 0 saturated carbocycles. The Labute approximate surface area is 171 Å². The van der Waals surface area contributed by atoms with E-state index >= 15 is 0 Å². The van der Waals surface area contributed by atoms with Crippen molar-refractivity contribution in [2.24, 2.45) is 0 Å². The molecule has 5 nitrogen and oxygen atoms in total. The predicted octanol–water partition coefficient (Wildman–Crippen LogP) is 4.58. The Morgan fingerprint density at radius 1 is 1.41 bits per heavy atom. The van der Waals surface area contributed by atoms with Crippen LogP contribution in [0.15, 0.2) is 30.6 Å². The third-order valence-corrected chi connectivity index (χ3v) is 5.18. The number of halogens is 3. The summed E-state index contributed by atoms with van der Waals surface area (Å²) in [6, 6.07) is 4.39.